The molecule has 1 atom stereocenters. The Kier molecular flexibility index (Phi) is 4.31. The molecular formula is C9H18OS. The van der Waals surface area contributed by atoms with Gasteiger partial charge in [-0.1, -0.05) is 19.8 Å². The van der Waals surface area contributed by atoms with Gasteiger partial charge in [-0.25, -0.2) is 0 Å². The van der Waals surface area contributed by atoms with Gasteiger partial charge in [0.2, 0.25) is 0 Å². The fraction of sp³-hybridized carbons (Fsp3) is 1.00. The minimum Gasteiger partial charge on any atom is -0.396 e. The van der Waals surface area contributed by atoms with E-state index in [2.05, 4.69) is 18.7 Å². The highest BCUT2D eigenvalue weighted by Gasteiger charge is 2.17. The number of aliphatic hydroxyl groups is 1. The van der Waals surface area contributed by atoms with E-state index in [1.54, 1.807) is 0 Å². The van der Waals surface area contributed by atoms with E-state index >= 15 is 0 Å². The Morgan fingerprint density at radius 2 is 2.09 bits per heavy atom. The molecule has 0 aliphatic heterocycles. The van der Waals surface area contributed by atoms with Gasteiger partial charge in [0.15, 0.2) is 0 Å². The molecule has 1 fully saturated rings. The second-order valence-corrected chi connectivity index (χ2v) is 5.11. The Morgan fingerprint density at radius 1 is 1.45 bits per heavy atom. The molecule has 0 aromatic rings. The average Bonchev–Trinajstić information content (AvgIpc) is 2.40. The quantitative estimate of drug-likeness (QED) is 0.706. The van der Waals surface area contributed by atoms with Gasteiger partial charge in [0.1, 0.15) is 0 Å². The molecule has 0 amide bonds. The lowest BCUT2D eigenvalue weighted by Crippen LogP contribution is -2.06. The average molecular weight is 174 g/mol. The summed E-state index contributed by atoms with van der Waals surface area (Å²) in [6.45, 7) is 2.57. The van der Waals surface area contributed by atoms with Crippen molar-refractivity contribution in [2.45, 2.75) is 49.5 Å². The van der Waals surface area contributed by atoms with E-state index in [4.69, 9.17) is 5.11 Å². The summed E-state index contributed by atoms with van der Waals surface area (Å²) in [5.74, 6) is 0. The largest absolute Gasteiger partial charge is 0.396 e. The first-order valence-corrected chi connectivity index (χ1v) is 5.53. The summed E-state index contributed by atoms with van der Waals surface area (Å²) < 4.78 is 0. The standard InChI is InChI=1S/C9H18OS/c1-8(6-7-10)11-9-4-2-3-5-9/h8-10H,2-7H2,1H3. The van der Waals surface area contributed by atoms with Gasteiger partial charge in [-0.15, -0.1) is 0 Å². The lowest BCUT2D eigenvalue weighted by atomic mass is 10.3. The van der Waals surface area contributed by atoms with Crippen molar-refractivity contribution in [2.24, 2.45) is 0 Å². The third kappa shape index (κ3) is 3.48. The van der Waals surface area contributed by atoms with Crippen molar-refractivity contribution in [2.75, 3.05) is 6.61 Å². The van der Waals surface area contributed by atoms with Gasteiger partial charge in [-0.2, -0.15) is 11.8 Å². The maximum atomic E-state index is 8.70. The molecule has 1 N–H and O–H groups in total. The molecule has 0 bridgehead atoms. The third-order valence-electron chi connectivity index (χ3n) is 2.26. The zero-order chi connectivity index (χ0) is 8.10. The minimum atomic E-state index is 0.348. The Bertz CT molecular complexity index is 99.7. The first kappa shape index (κ1) is 9.40. The van der Waals surface area contributed by atoms with Crippen molar-refractivity contribution in [3.63, 3.8) is 0 Å². The van der Waals surface area contributed by atoms with Gasteiger partial charge in [0, 0.05) is 17.1 Å². The Balaban J connectivity index is 2.08. The van der Waals surface area contributed by atoms with Crippen molar-refractivity contribution in [1.82, 2.24) is 0 Å². The van der Waals surface area contributed by atoms with Gasteiger partial charge in [0.05, 0.1) is 0 Å². The lowest BCUT2D eigenvalue weighted by Gasteiger charge is -2.14. The van der Waals surface area contributed by atoms with E-state index in [9.17, 15) is 0 Å². The van der Waals surface area contributed by atoms with Crippen molar-refractivity contribution in [3.05, 3.63) is 0 Å². The second kappa shape index (κ2) is 5.04. The smallest absolute Gasteiger partial charge is 0.0441 e. The molecule has 1 saturated carbocycles. The number of hydrogen-bond donors (Lipinski definition) is 1. The molecule has 1 aliphatic carbocycles. The topological polar surface area (TPSA) is 20.2 Å². The Hall–Kier alpha value is 0.310. The highest BCUT2D eigenvalue weighted by Crippen LogP contribution is 2.32. The van der Waals surface area contributed by atoms with Crippen molar-refractivity contribution < 1.29 is 5.11 Å². The van der Waals surface area contributed by atoms with Crippen LogP contribution in [0.3, 0.4) is 0 Å². The van der Waals surface area contributed by atoms with Crippen LogP contribution in [0.4, 0.5) is 0 Å². The van der Waals surface area contributed by atoms with Crippen LogP contribution in [0.25, 0.3) is 0 Å². The summed E-state index contributed by atoms with van der Waals surface area (Å²) in [6.07, 6.45) is 6.61. The first-order chi connectivity index (χ1) is 5.33. The summed E-state index contributed by atoms with van der Waals surface area (Å²) in [6, 6.07) is 0. The van der Waals surface area contributed by atoms with Crippen molar-refractivity contribution >= 4 is 11.8 Å². The molecule has 1 nitrogen and oxygen atoms in total. The van der Waals surface area contributed by atoms with Gasteiger partial charge >= 0.3 is 0 Å². The van der Waals surface area contributed by atoms with Crippen LogP contribution in [0.5, 0.6) is 0 Å². The predicted molar refractivity (Wildman–Crippen MR) is 51.0 cm³/mol. The fourth-order valence-corrected chi connectivity index (χ4v) is 3.11. The van der Waals surface area contributed by atoms with Gasteiger partial charge < -0.3 is 5.11 Å². The molecule has 1 unspecified atom stereocenters. The van der Waals surface area contributed by atoms with Crippen LogP contribution in [-0.2, 0) is 0 Å². The summed E-state index contributed by atoms with van der Waals surface area (Å²) >= 11 is 2.07. The van der Waals surface area contributed by atoms with Crippen LogP contribution in [-0.4, -0.2) is 22.2 Å². The van der Waals surface area contributed by atoms with E-state index in [0.29, 0.717) is 11.9 Å². The van der Waals surface area contributed by atoms with Crippen LogP contribution in [0.15, 0.2) is 0 Å². The number of aliphatic hydroxyl groups excluding tert-OH is 1. The zero-order valence-electron chi connectivity index (χ0n) is 7.25. The molecule has 0 aromatic heterocycles. The van der Waals surface area contributed by atoms with Crippen molar-refractivity contribution in [3.8, 4) is 0 Å². The van der Waals surface area contributed by atoms with Gasteiger partial charge in [0.25, 0.3) is 0 Å². The summed E-state index contributed by atoms with van der Waals surface area (Å²) in [5, 5.41) is 10.3. The SMILES string of the molecule is CC(CCO)SC1CCCC1. The molecule has 0 heterocycles. The third-order valence-corrected chi connectivity index (χ3v) is 3.82. The van der Waals surface area contributed by atoms with E-state index in [0.717, 1.165) is 11.7 Å². The number of hydrogen-bond acceptors (Lipinski definition) is 2. The highest BCUT2D eigenvalue weighted by atomic mass is 32.2. The molecule has 0 aromatic carbocycles. The molecule has 0 radical (unpaired) electrons. The van der Waals surface area contributed by atoms with E-state index in [-0.39, 0.29) is 0 Å². The maximum Gasteiger partial charge on any atom is 0.0441 e. The van der Waals surface area contributed by atoms with Gasteiger partial charge in [-0.3, -0.25) is 0 Å². The van der Waals surface area contributed by atoms with Crippen LogP contribution in [0.1, 0.15) is 39.0 Å². The van der Waals surface area contributed by atoms with Gasteiger partial charge in [-0.05, 0) is 19.3 Å². The van der Waals surface area contributed by atoms with Crippen molar-refractivity contribution in [1.29, 1.82) is 0 Å². The zero-order valence-corrected chi connectivity index (χ0v) is 8.07. The molecule has 1 aliphatic rings. The fourth-order valence-electron chi connectivity index (χ4n) is 1.60. The second-order valence-electron chi connectivity index (χ2n) is 3.37. The van der Waals surface area contributed by atoms with Crippen LogP contribution < -0.4 is 0 Å². The molecular weight excluding hydrogens is 156 g/mol. The summed E-state index contributed by atoms with van der Waals surface area (Å²) in [5.41, 5.74) is 0. The minimum absolute atomic E-state index is 0.348. The molecule has 1 rings (SSSR count). The van der Waals surface area contributed by atoms with E-state index in [1.165, 1.54) is 25.7 Å². The van der Waals surface area contributed by atoms with E-state index < -0.39 is 0 Å². The molecule has 2 heteroatoms. The normalized spacial score (nSPS) is 22.4. The maximum absolute atomic E-state index is 8.70. The predicted octanol–water partition coefficient (Wildman–Crippen LogP) is 2.43. The molecule has 0 saturated heterocycles. The molecule has 66 valence electrons. The first-order valence-electron chi connectivity index (χ1n) is 4.59. The lowest BCUT2D eigenvalue weighted by molar-refractivity contribution is 0.289. The van der Waals surface area contributed by atoms with Crippen LogP contribution in [0.2, 0.25) is 0 Å². The Morgan fingerprint density at radius 3 is 2.64 bits per heavy atom. The highest BCUT2D eigenvalue weighted by molar-refractivity contribution is 8.00. The van der Waals surface area contributed by atoms with Crippen LogP contribution in [0, 0.1) is 0 Å². The number of thioether (sulfide) groups is 1. The molecule has 11 heavy (non-hydrogen) atoms. The molecule has 0 spiro atoms. The Labute approximate surface area is 73.6 Å². The summed E-state index contributed by atoms with van der Waals surface area (Å²) in [7, 11) is 0. The number of rotatable bonds is 4. The monoisotopic (exact) mass is 174 g/mol. The summed E-state index contributed by atoms with van der Waals surface area (Å²) in [4.78, 5) is 0. The van der Waals surface area contributed by atoms with Crippen LogP contribution >= 0.6 is 11.8 Å². The van der Waals surface area contributed by atoms with E-state index in [1.807, 2.05) is 0 Å².